The zero-order valence-corrected chi connectivity index (χ0v) is 23.3. The summed E-state index contributed by atoms with van der Waals surface area (Å²) < 4.78 is 84.1. The van der Waals surface area contributed by atoms with Gasteiger partial charge in [-0.2, -0.15) is 13.2 Å². The second kappa shape index (κ2) is 12.5. The number of piperidine rings is 1. The number of benzene rings is 1. The van der Waals surface area contributed by atoms with E-state index in [0.717, 1.165) is 50.2 Å². The summed E-state index contributed by atoms with van der Waals surface area (Å²) in [5.41, 5.74) is 0.950. The van der Waals surface area contributed by atoms with E-state index in [4.69, 9.17) is 9.90 Å². The van der Waals surface area contributed by atoms with Crippen molar-refractivity contribution in [1.82, 2.24) is 14.9 Å². The smallest absolute Gasteiger partial charge is 0.475 e. The van der Waals surface area contributed by atoms with E-state index in [1.165, 1.54) is 11.9 Å². The largest absolute Gasteiger partial charge is 0.490 e. The van der Waals surface area contributed by atoms with Crippen LogP contribution in [-0.4, -0.2) is 91.5 Å². The molecule has 4 rings (SSSR count). The summed E-state index contributed by atoms with van der Waals surface area (Å²) in [6.45, 7) is 4.04. The van der Waals surface area contributed by atoms with Crippen molar-refractivity contribution in [2.75, 3.05) is 42.7 Å². The minimum Gasteiger partial charge on any atom is -0.475 e. The summed E-state index contributed by atoms with van der Waals surface area (Å²) >= 11 is 0. The Kier molecular flexibility index (Phi) is 9.77. The Morgan fingerprint density at radius 2 is 1.63 bits per heavy atom. The normalized spacial score (nSPS) is 18.2. The maximum Gasteiger partial charge on any atom is 0.490 e. The number of anilines is 2. The van der Waals surface area contributed by atoms with Crippen LogP contribution in [0.15, 0.2) is 29.4 Å². The van der Waals surface area contributed by atoms with Gasteiger partial charge in [-0.3, -0.25) is 4.79 Å². The van der Waals surface area contributed by atoms with Gasteiger partial charge in [0, 0.05) is 57.4 Å². The van der Waals surface area contributed by atoms with Gasteiger partial charge >= 0.3 is 12.1 Å². The van der Waals surface area contributed by atoms with Crippen LogP contribution in [0.2, 0.25) is 0 Å². The van der Waals surface area contributed by atoms with Gasteiger partial charge in [0.25, 0.3) is 0 Å². The van der Waals surface area contributed by atoms with Gasteiger partial charge in [0.1, 0.15) is 22.6 Å². The molecule has 0 aliphatic carbocycles. The molecule has 2 aromatic rings. The molecule has 2 aliphatic heterocycles. The Morgan fingerprint density at radius 3 is 2.12 bits per heavy atom. The van der Waals surface area contributed by atoms with Crippen LogP contribution in [0.4, 0.5) is 33.6 Å². The first-order valence-corrected chi connectivity index (χ1v) is 14.5. The highest BCUT2D eigenvalue weighted by Crippen LogP contribution is 2.31. The average molecular weight is 608 g/mol. The van der Waals surface area contributed by atoms with Gasteiger partial charge < -0.3 is 19.8 Å². The van der Waals surface area contributed by atoms with Crippen LogP contribution in [0.3, 0.4) is 0 Å². The lowest BCUT2D eigenvalue weighted by atomic mass is 10.0. The fourth-order valence-electron chi connectivity index (χ4n) is 4.72. The fourth-order valence-corrected chi connectivity index (χ4v) is 5.45. The molecule has 1 amide bonds. The van der Waals surface area contributed by atoms with Gasteiger partial charge in [0.15, 0.2) is 9.84 Å². The highest BCUT2D eigenvalue weighted by molar-refractivity contribution is 7.90. The highest BCUT2D eigenvalue weighted by Gasteiger charge is 2.40. The number of sulfone groups is 1. The van der Waals surface area contributed by atoms with Crippen molar-refractivity contribution in [2.45, 2.75) is 55.8 Å². The molecule has 16 heteroatoms. The first kappa shape index (κ1) is 32.0. The van der Waals surface area contributed by atoms with Gasteiger partial charge in [-0.15, -0.1) is 0 Å². The Hall–Kier alpha value is -3.56. The van der Waals surface area contributed by atoms with E-state index < -0.39 is 44.6 Å². The summed E-state index contributed by atoms with van der Waals surface area (Å²) in [5.74, 6) is -4.10. The number of rotatable bonds is 6. The van der Waals surface area contributed by atoms with Gasteiger partial charge in [0.05, 0.1) is 5.69 Å². The summed E-state index contributed by atoms with van der Waals surface area (Å²) in [7, 11) is -2.37. The molecule has 0 spiro atoms. The predicted octanol–water partition coefficient (Wildman–Crippen LogP) is 3.06. The quantitative estimate of drug-likeness (QED) is 0.494. The number of halogens is 5. The van der Waals surface area contributed by atoms with E-state index >= 15 is 0 Å². The molecule has 10 nitrogen and oxygen atoms in total. The maximum atomic E-state index is 14.7. The third kappa shape index (κ3) is 7.59. The third-order valence-electron chi connectivity index (χ3n) is 6.99. The van der Waals surface area contributed by atoms with Crippen molar-refractivity contribution in [1.29, 1.82) is 0 Å². The standard InChI is InChI=1S/C23H29F2N5O3S.C2HF3O2/c1-4-15-13-26-23(27-14-15)29-8-5-16(6-9-29)30-10-7-19(22(30)31)28(2)20-11-18(25)21(12-17(20)24)34(3,32)33;3-2(4,5)1(6)7/h11-14,16,19H,4-10H2,1-3H3;(H,6,7)/t19-;/m0./s1. The second-order valence-corrected chi connectivity index (χ2v) is 11.7. The topological polar surface area (TPSA) is 124 Å². The van der Waals surface area contributed by atoms with Crippen molar-refractivity contribution in [3.8, 4) is 0 Å². The highest BCUT2D eigenvalue weighted by atomic mass is 32.2. The Balaban J connectivity index is 0.000000587. The minimum atomic E-state index is -5.08. The van der Waals surface area contributed by atoms with Gasteiger partial charge in [-0.05, 0) is 37.3 Å². The van der Waals surface area contributed by atoms with Crippen molar-refractivity contribution in [3.63, 3.8) is 0 Å². The lowest BCUT2D eigenvalue weighted by Crippen LogP contribution is -2.48. The average Bonchev–Trinajstić information content (AvgIpc) is 3.29. The van der Waals surface area contributed by atoms with E-state index in [1.54, 1.807) is 0 Å². The van der Waals surface area contributed by atoms with Crippen LogP contribution in [0.5, 0.6) is 0 Å². The molecule has 2 saturated heterocycles. The number of carbonyl (C=O) groups excluding carboxylic acids is 1. The second-order valence-electron chi connectivity index (χ2n) is 9.72. The molecular weight excluding hydrogens is 577 g/mol. The van der Waals surface area contributed by atoms with Crippen molar-refractivity contribution >= 4 is 33.3 Å². The number of aryl methyl sites for hydroxylation is 1. The third-order valence-corrected chi connectivity index (χ3v) is 8.10. The summed E-state index contributed by atoms with van der Waals surface area (Å²) in [5, 5.41) is 7.12. The number of amides is 1. The molecule has 1 atom stereocenters. The molecule has 2 fully saturated rings. The van der Waals surface area contributed by atoms with E-state index in [2.05, 4.69) is 21.8 Å². The molecule has 1 N–H and O–H groups in total. The molecule has 0 radical (unpaired) electrons. The van der Waals surface area contributed by atoms with E-state index in [1.807, 2.05) is 17.3 Å². The summed E-state index contributed by atoms with van der Waals surface area (Å²) in [4.78, 5) is 35.6. The van der Waals surface area contributed by atoms with E-state index in [0.29, 0.717) is 25.0 Å². The SMILES string of the molecule is CCc1cnc(N2CCC(N3CC[C@H](N(C)c4cc(F)c(S(C)(=O)=O)cc4F)C3=O)CC2)nc1.O=C(O)C(F)(F)F. The fraction of sp³-hybridized carbons (Fsp3) is 0.520. The molecule has 3 heterocycles. The van der Waals surface area contributed by atoms with Crippen LogP contribution in [0.25, 0.3) is 0 Å². The number of likely N-dealkylation sites (tertiary alicyclic amines) is 1. The molecule has 0 saturated carbocycles. The monoisotopic (exact) mass is 607 g/mol. The number of hydrogen-bond donors (Lipinski definition) is 1. The number of carbonyl (C=O) groups is 2. The molecule has 0 unspecified atom stereocenters. The Labute approximate surface area is 233 Å². The molecule has 0 bridgehead atoms. The van der Waals surface area contributed by atoms with Gasteiger partial charge in [-0.25, -0.2) is 32.0 Å². The zero-order chi connectivity index (χ0) is 30.7. The van der Waals surface area contributed by atoms with E-state index in [-0.39, 0.29) is 17.6 Å². The number of likely N-dealkylation sites (N-methyl/N-ethyl adjacent to an activating group) is 1. The summed E-state index contributed by atoms with van der Waals surface area (Å²) in [6, 6.07) is 0.954. The minimum absolute atomic E-state index is 0.0614. The number of alkyl halides is 3. The molecule has 226 valence electrons. The zero-order valence-electron chi connectivity index (χ0n) is 22.5. The number of nitrogens with zero attached hydrogens (tertiary/aromatic N) is 5. The first-order valence-electron chi connectivity index (χ1n) is 12.6. The van der Waals surface area contributed by atoms with Crippen LogP contribution >= 0.6 is 0 Å². The number of aromatic nitrogens is 2. The molecule has 41 heavy (non-hydrogen) atoms. The molecule has 1 aromatic heterocycles. The predicted molar refractivity (Wildman–Crippen MR) is 138 cm³/mol. The number of carboxylic acids is 1. The van der Waals surface area contributed by atoms with Crippen LogP contribution in [-0.2, 0) is 25.8 Å². The van der Waals surface area contributed by atoms with Crippen molar-refractivity contribution < 1.29 is 45.1 Å². The van der Waals surface area contributed by atoms with Crippen LogP contribution < -0.4 is 9.80 Å². The van der Waals surface area contributed by atoms with Crippen LogP contribution in [0, 0.1) is 11.6 Å². The first-order chi connectivity index (χ1) is 19.0. The van der Waals surface area contributed by atoms with Gasteiger partial charge in [-0.1, -0.05) is 6.92 Å². The molecule has 1 aromatic carbocycles. The Morgan fingerprint density at radius 1 is 1.07 bits per heavy atom. The van der Waals surface area contributed by atoms with Crippen molar-refractivity contribution in [3.05, 3.63) is 41.7 Å². The van der Waals surface area contributed by atoms with Gasteiger partial charge in [0.2, 0.25) is 11.9 Å². The number of hydrogen-bond acceptors (Lipinski definition) is 8. The van der Waals surface area contributed by atoms with Crippen molar-refractivity contribution in [2.24, 2.45) is 0 Å². The summed E-state index contributed by atoms with van der Waals surface area (Å²) in [6.07, 6.45) is 2.32. The van der Waals surface area contributed by atoms with E-state index in [9.17, 15) is 35.2 Å². The lowest BCUT2D eigenvalue weighted by molar-refractivity contribution is -0.192. The Bertz CT molecular complexity index is 1370. The van der Waals surface area contributed by atoms with Crippen LogP contribution in [0.1, 0.15) is 31.7 Å². The maximum absolute atomic E-state index is 14.7. The number of aliphatic carboxylic acids is 1. The number of carboxylic acid groups (broad SMARTS) is 1. The lowest BCUT2D eigenvalue weighted by Gasteiger charge is -2.37. The molecular formula is C25H30F5N5O5S. The molecule has 2 aliphatic rings.